The SMILES string of the molecule is CC(C)(C)NC(=O)c1cccc(NCC(=O)Nc2cccc(OCC3CCCO3)c2)c1. The Morgan fingerprint density at radius 2 is 1.87 bits per heavy atom. The molecule has 2 aromatic rings. The average molecular weight is 426 g/mol. The second-order valence-electron chi connectivity index (χ2n) is 8.66. The van der Waals surface area contributed by atoms with Crippen molar-refractivity contribution in [3.05, 3.63) is 54.1 Å². The number of carbonyl (C=O) groups is 2. The lowest BCUT2D eigenvalue weighted by molar-refractivity contribution is -0.114. The maximum absolute atomic E-state index is 12.4. The van der Waals surface area contributed by atoms with E-state index in [-0.39, 0.29) is 30.0 Å². The maximum Gasteiger partial charge on any atom is 0.251 e. The highest BCUT2D eigenvalue weighted by molar-refractivity contribution is 5.96. The molecule has 1 heterocycles. The summed E-state index contributed by atoms with van der Waals surface area (Å²) in [6.07, 6.45) is 2.23. The number of ether oxygens (including phenoxy) is 2. The van der Waals surface area contributed by atoms with Crippen molar-refractivity contribution in [2.24, 2.45) is 0 Å². The molecule has 0 radical (unpaired) electrons. The minimum Gasteiger partial charge on any atom is -0.491 e. The second-order valence-corrected chi connectivity index (χ2v) is 8.66. The van der Waals surface area contributed by atoms with Crippen molar-refractivity contribution in [1.29, 1.82) is 0 Å². The van der Waals surface area contributed by atoms with Crippen molar-refractivity contribution in [2.75, 3.05) is 30.4 Å². The van der Waals surface area contributed by atoms with Crippen molar-refractivity contribution in [1.82, 2.24) is 5.32 Å². The van der Waals surface area contributed by atoms with Crippen LogP contribution in [-0.2, 0) is 9.53 Å². The van der Waals surface area contributed by atoms with Crippen LogP contribution in [0.4, 0.5) is 11.4 Å². The number of hydrogen-bond acceptors (Lipinski definition) is 5. The van der Waals surface area contributed by atoms with Crippen LogP contribution in [0.1, 0.15) is 44.0 Å². The third-order valence-electron chi connectivity index (χ3n) is 4.64. The molecule has 0 spiro atoms. The van der Waals surface area contributed by atoms with Crippen LogP contribution >= 0.6 is 0 Å². The van der Waals surface area contributed by atoms with Crippen LogP contribution in [0.5, 0.6) is 5.75 Å². The predicted octanol–water partition coefficient (Wildman–Crippen LogP) is 3.82. The van der Waals surface area contributed by atoms with E-state index < -0.39 is 0 Å². The zero-order valence-electron chi connectivity index (χ0n) is 18.4. The van der Waals surface area contributed by atoms with Gasteiger partial charge in [0.15, 0.2) is 0 Å². The molecule has 1 unspecified atom stereocenters. The first-order chi connectivity index (χ1) is 14.8. The van der Waals surface area contributed by atoms with Gasteiger partial charge in [0.05, 0.1) is 12.6 Å². The van der Waals surface area contributed by atoms with E-state index in [2.05, 4.69) is 16.0 Å². The maximum atomic E-state index is 12.4. The van der Waals surface area contributed by atoms with E-state index in [9.17, 15) is 9.59 Å². The third-order valence-corrected chi connectivity index (χ3v) is 4.64. The molecule has 1 saturated heterocycles. The van der Waals surface area contributed by atoms with Gasteiger partial charge in [0, 0.05) is 35.2 Å². The van der Waals surface area contributed by atoms with Crippen molar-refractivity contribution < 1.29 is 19.1 Å². The first kappa shape index (κ1) is 22.6. The summed E-state index contributed by atoms with van der Waals surface area (Å²) in [6, 6.07) is 14.4. The van der Waals surface area contributed by atoms with E-state index in [1.54, 1.807) is 24.3 Å². The number of anilines is 2. The minimum atomic E-state index is -0.317. The van der Waals surface area contributed by atoms with Crippen molar-refractivity contribution >= 4 is 23.2 Å². The van der Waals surface area contributed by atoms with Crippen LogP contribution in [0.3, 0.4) is 0 Å². The summed E-state index contributed by atoms with van der Waals surface area (Å²) in [5.41, 5.74) is 1.58. The van der Waals surface area contributed by atoms with Crippen LogP contribution in [0.25, 0.3) is 0 Å². The number of benzene rings is 2. The molecule has 7 heteroatoms. The molecule has 3 rings (SSSR count). The second kappa shape index (κ2) is 10.3. The summed E-state index contributed by atoms with van der Waals surface area (Å²) < 4.78 is 11.3. The number of amides is 2. The van der Waals surface area contributed by atoms with Crippen LogP contribution in [0.2, 0.25) is 0 Å². The van der Waals surface area contributed by atoms with Crippen LogP contribution in [0.15, 0.2) is 48.5 Å². The lowest BCUT2D eigenvalue weighted by Crippen LogP contribution is -2.40. The van der Waals surface area contributed by atoms with Crippen molar-refractivity contribution in [2.45, 2.75) is 45.3 Å². The van der Waals surface area contributed by atoms with Gasteiger partial charge in [0.25, 0.3) is 5.91 Å². The van der Waals surface area contributed by atoms with E-state index in [1.165, 1.54) is 0 Å². The van der Waals surface area contributed by atoms with Crippen LogP contribution < -0.4 is 20.7 Å². The van der Waals surface area contributed by atoms with Crippen LogP contribution in [-0.4, -0.2) is 43.2 Å². The Bertz CT molecular complexity index is 902. The minimum absolute atomic E-state index is 0.0747. The molecule has 2 aromatic carbocycles. The van der Waals surface area contributed by atoms with Crippen molar-refractivity contribution in [3.8, 4) is 5.75 Å². The first-order valence-electron chi connectivity index (χ1n) is 10.6. The molecular formula is C24H31N3O4. The van der Waals surface area contributed by atoms with Gasteiger partial charge in [-0.15, -0.1) is 0 Å². The highest BCUT2D eigenvalue weighted by atomic mass is 16.5. The standard InChI is InChI=1S/C24H31N3O4/c1-24(2,3)27-23(29)17-7-4-8-18(13-17)25-15-22(28)26-19-9-5-10-20(14-19)31-16-21-11-6-12-30-21/h4-5,7-10,13-14,21,25H,6,11-12,15-16H2,1-3H3,(H,26,28)(H,27,29). The highest BCUT2D eigenvalue weighted by Gasteiger charge is 2.17. The van der Waals surface area contributed by atoms with Crippen LogP contribution in [0, 0.1) is 0 Å². The molecule has 2 amide bonds. The number of nitrogens with one attached hydrogen (secondary N) is 3. The Kier molecular flexibility index (Phi) is 7.52. The Morgan fingerprint density at radius 1 is 1.10 bits per heavy atom. The molecule has 166 valence electrons. The first-order valence-corrected chi connectivity index (χ1v) is 10.6. The fraction of sp³-hybridized carbons (Fsp3) is 0.417. The Hall–Kier alpha value is -3.06. The molecule has 0 aliphatic carbocycles. The molecule has 3 N–H and O–H groups in total. The van der Waals surface area contributed by atoms with Gasteiger partial charge in [-0.05, 0) is 63.9 Å². The summed E-state index contributed by atoms with van der Waals surface area (Å²) in [7, 11) is 0. The normalized spacial score (nSPS) is 15.9. The number of rotatable bonds is 8. The molecule has 1 aliphatic rings. The molecular weight excluding hydrogens is 394 g/mol. The molecule has 0 aromatic heterocycles. The lowest BCUT2D eigenvalue weighted by Gasteiger charge is -2.20. The summed E-state index contributed by atoms with van der Waals surface area (Å²) >= 11 is 0. The quantitative estimate of drug-likeness (QED) is 0.598. The monoisotopic (exact) mass is 425 g/mol. The van der Waals surface area contributed by atoms with Gasteiger partial charge in [0.1, 0.15) is 12.4 Å². The van der Waals surface area contributed by atoms with E-state index in [4.69, 9.17) is 9.47 Å². The lowest BCUT2D eigenvalue weighted by atomic mass is 10.1. The summed E-state index contributed by atoms with van der Waals surface area (Å²) in [5, 5.41) is 8.84. The Morgan fingerprint density at radius 3 is 2.61 bits per heavy atom. The molecule has 1 atom stereocenters. The van der Waals surface area contributed by atoms with Gasteiger partial charge < -0.3 is 25.4 Å². The smallest absolute Gasteiger partial charge is 0.251 e. The Labute approximate surface area is 183 Å². The zero-order valence-corrected chi connectivity index (χ0v) is 18.4. The van der Waals surface area contributed by atoms with Crippen molar-refractivity contribution in [3.63, 3.8) is 0 Å². The summed E-state index contributed by atoms with van der Waals surface area (Å²) in [6.45, 7) is 7.17. The van der Waals surface area contributed by atoms with Gasteiger partial charge in [0.2, 0.25) is 5.91 Å². The average Bonchev–Trinajstić information content (AvgIpc) is 3.24. The predicted molar refractivity (Wildman–Crippen MR) is 122 cm³/mol. The summed E-state index contributed by atoms with van der Waals surface area (Å²) in [5.74, 6) is 0.347. The fourth-order valence-electron chi connectivity index (χ4n) is 3.20. The van der Waals surface area contributed by atoms with Gasteiger partial charge in [-0.25, -0.2) is 0 Å². The molecule has 0 saturated carbocycles. The van der Waals surface area contributed by atoms with E-state index in [0.29, 0.717) is 29.3 Å². The molecule has 0 bridgehead atoms. The van der Waals surface area contributed by atoms with Gasteiger partial charge >= 0.3 is 0 Å². The Balaban J connectivity index is 1.49. The third kappa shape index (κ3) is 7.61. The largest absolute Gasteiger partial charge is 0.491 e. The molecule has 1 fully saturated rings. The fourth-order valence-corrected chi connectivity index (χ4v) is 3.20. The summed E-state index contributed by atoms with van der Waals surface area (Å²) in [4.78, 5) is 24.7. The highest BCUT2D eigenvalue weighted by Crippen LogP contribution is 2.20. The topological polar surface area (TPSA) is 88.7 Å². The zero-order chi connectivity index (χ0) is 22.3. The van der Waals surface area contributed by atoms with Gasteiger partial charge in [-0.1, -0.05) is 12.1 Å². The molecule has 7 nitrogen and oxygen atoms in total. The van der Waals surface area contributed by atoms with E-state index >= 15 is 0 Å². The van der Waals surface area contributed by atoms with E-state index in [0.717, 1.165) is 19.4 Å². The number of carbonyl (C=O) groups excluding carboxylic acids is 2. The van der Waals surface area contributed by atoms with E-state index in [1.807, 2.05) is 45.0 Å². The molecule has 1 aliphatic heterocycles. The number of hydrogen-bond donors (Lipinski definition) is 3. The van der Waals surface area contributed by atoms with Gasteiger partial charge in [-0.2, -0.15) is 0 Å². The van der Waals surface area contributed by atoms with Gasteiger partial charge in [-0.3, -0.25) is 9.59 Å². The molecule has 31 heavy (non-hydrogen) atoms.